The molecule has 0 spiro atoms. The van der Waals surface area contributed by atoms with Crippen molar-refractivity contribution in [1.29, 1.82) is 0 Å². The predicted octanol–water partition coefficient (Wildman–Crippen LogP) is 2.09. The van der Waals surface area contributed by atoms with Crippen molar-refractivity contribution in [3.05, 3.63) is 34.4 Å². The van der Waals surface area contributed by atoms with Crippen molar-refractivity contribution < 1.29 is 9.72 Å². The van der Waals surface area contributed by atoms with Gasteiger partial charge in [0, 0.05) is 43.4 Å². The molecule has 2 rings (SSSR count). The second kappa shape index (κ2) is 6.36. The molecule has 1 aliphatic rings. The fourth-order valence-electron chi connectivity index (χ4n) is 2.44. The van der Waals surface area contributed by atoms with E-state index in [1.807, 2.05) is 6.92 Å². The molecule has 1 aromatic carbocycles. The lowest BCUT2D eigenvalue weighted by Gasteiger charge is -2.34. The zero-order chi connectivity index (χ0) is 14.5. The number of amides is 1. The van der Waals surface area contributed by atoms with Gasteiger partial charge in [-0.2, -0.15) is 0 Å². The fourth-order valence-corrected chi connectivity index (χ4v) is 2.44. The quantitative estimate of drug-likeness (QED) is 0.675. The maximum atomic E-state index is 11.4. The minimum atomic E-state index is -0.399. The largest absolute Gasteiger partial charge is 0.369 e. The number of carbonyl (C=O) groups excluding carboxylic acids is 1. The number of nitrogens with one attached hydrogen (secondary N) is 1. The molecule has 1 atom stereocenters. The summed E-state index contributed by atoms with van der Waals surface area (Å²) >= 11 is 0. The zero-order valence-corrected chi connectivity index (χ0v) is 11.5. The summed E-state index contributed by atoms with van der Waals surface area (Å²) in [6.07, 6.45) is 2.48. The molecule has 20 heavy (non-hydrogen) atoms. The summed E-state index contributed by atoms with van der Waals surface area (Å²) < 4.78 is 0. The van der Waals surface area contributed by atoms with Gasteiger partial charge in [0.1, 0.15) is 0 Å². The zero-order valence-electron chi connectivity index (χ0n) is 11.5. The highest BCUT2D eigenvalue weighted by molar-refractivity contribution is 5.76. The molecule has 6 heteroatoms. The molecule has 1 fully saturated rings. The molecule has 6 nitrogen and oxygen atoms in total. The Morgan fingerprint density at radius 1 is 1.45 bits per heavy atom. The van der Waals surface area contributed by atoms with E-state index in [0.29, 0.717) is 6.42 Å². The van der Waals surface area contributed by atoms with E-state index < -0.39 is 4.92 Å². The second-order valence-electron chi connectivity index (χ2n) is 4.98. The average molecular weight is 277 g/mol. The van der Waals surface area contributed by atoms with Crippen LogP contribution in [-0.4, -0.2) is 30.0 Å². The Labute approximate surface area is 117 Å². The molecule has 1 aromatic rings. The molecule has 1 amide bonds. The van der Waals surface area contributed by atoms with Gasteiger partial charge in [0.05, 0.1) is 4.92 Å². The highest BCUT2D eigenvalue weighted by Gasteiger charge is 2.21. The smallest absolute Gasteiger partial charge is 0.269 e. The van der Waals surface area contributed by atoms with Gasteiger partial charge < -0.3 is 10.2 Å². The van der Waals surface area contributed by atoms with Crippen molar-refractivity contribution in [1.82, 2.24) is 5.32 Å². The number of rotatable bonds is 4. The predicted molar refractivity (Wildman–Crippen MR) is 76.8 cm³/mol. The highest BCUT2D eigenvalue weighted by atomic mass is 16.6. The van der Waals surface area contributed by atoms with E-state index >= 15 is 0 Å². The third-order valence-corrected chi connectivity index (χ3v) is 3.53. The van der Waals surface area contributed by atoms with E-state index in [1.165, 1.54) is 12.1 Å². The molecule has 0 radical (unpaired) electrons. The SMILES string of the molecule is CCC(=O)N[C@H]1CCCN(c2ccc([N+](=O)[O-])cc2)C1. The second-order valence-corrected chi connectivity index (χ2v) is 4.98. The summed E-state index contributed by atoms with van der Waals surface area (Å²) in [6.45, 7) is 3.51. The molecule has 1 saturated heterocycles. The van der Waals surface area contributed by atoms with Gasteiger partial charge in [-0.15, -0.1) is 0 Å². The van der Waals surface area contributed by atoms with Crippen LogP contribution >= 0.6 is 0 Å². The van der Waals surface area contributed by atoms with Gasteiger partial charge >= 0.3 is 0 Å². The summed E-state index contributed by atoms with van der Waals surface area (Å²) in [5, 5.41) is 13.6. The van der Waals surface area contributed by atoms with Crippen molar-refractivity contribution in [2.24, 2.45) is 0 Å². The monoisotopic (exact) mass is 277 g/mol. The normalized spacial score (nSPS) is 18.6. The van der Waals surface area contributed by atoms with Gasteiger partial charge in [-0.1, -0.05) is 6.92 Å². The summed E-state index contributed by atoms with van der Waals surface area (Å²) in [6, 6.07) is 6.73. The number of non-ortho nitro benzene ring substituents is 1. The number of carbonyl (C=O) groups is 1. The first-order valence-electron chi connectivity index (χ1n) is 6.89. The summed E-state index contributed by atoms with van der Waals surface area (Å²) in [4.78, 5) is 23.8. The Morgan fingerprint density at radius 3 is 2.75 bits per heavy atom. The molecule has 0 saturated carbocycles. The van der Waals surface area contributed by atoms with Crippen LogP contribution in [0.4, 0.5) is 11.4 Å². The molecule has 1 aliphatic heterocycles. The van der Waals surface area contributed by atoms with Crippen molar-refractivity contribution >= 4 is 17.3 Å². The number of nitro benzene ring substituents is 1. The third kappa shape index (κ3) is 3.46. The minimum absolute atomic E-state index is 0.0700. The standard InChI is InChI=1S/C14H19N3O3/c1-2-14(18)15-11-4-3-9-16(10-11)12-5-7-13(8-6-12)17(19)20/h5-8,11H,2-4,9-10H2,1H3,(H,15,18)/t11-/m0/s1. The van der Waals surface area contributed by atoms with Crippen LogP contribution in [0.5, 0.6) is 0 Å². The lowest BCUT2D eigenvalue weighted by molar-refractivity contribution is -0.384. The van der Waals surface area contributed by atoms with E-state index in [9.17, 15) is 14.9 Å². The van der Waals surface area contributed by atoms with E-state index in [2.05, 4.69) is 10.2 Å². The number of anilines is 1. The first-order chi connectivity index (χ1) is 9.60. The average Bonchev–Trinajstić information content (AvgIpc) is 2.47. The molecular formula is C14H19N3O3. The van der Waals surface area contributed by atoms with E-state index in [1.54, 1.807) is 12.1 Å². The maximum Gasteiger partial charge on any atom is 0.269 e. The van der Waals surface area contributed by atoms with Gasteiger partial charge in [-0.3, -0.25) is 14.9 Å². The first kappa shape index (κ1) is 14.3. The van der Waals surface area contributed by atoms with Crippen LogP contribution in [0.2, 0.25) is 0 Å². The highest BCUT2D eigenvalue weighted by Crippen LogP contribution is 2.22. The van der Waals surface area contributed by atoms with E-state index in [-0.39, 0.29) is 17.6 Å². The van der Waals surface area contributed by atoms with Gasteiger partial charge in [0.15, 0.2) is 0 Å². The topological polar surface area (TPSA) is 75.5 Å². The number of piperidine rings is 1. The van der Waals surface area contributed by atoms with E-state index in [4.69, 9.17) is 0 Å². The molecular weight excluding hydrogens is 258 g/mol. The number of nitrogens with zero attached hydrogens (tertiary/aromatic N) is 2. The van der Waals surface area contributed by atoms with E-state index in [0.717, 1.165) is 31.6 Å². The Balaban J connectivity index is 2.01. The summed E-state index contributed by atoms with van der Waals surface area (Å²) in [5.41, 5.74) is 1.06. The summed E-state index contributed by atoms with van der Waals surface area (Å²) in [7, 11) is 0. The molecule has 1 N–H and O–H groups in total. The lowest BCUT2D eigenvalue weighted by atomic mass is 10.0. The van der Waals surface area contributed by atoms with Crippen molar-refractivity contribution in [3.8, 4) is 0 Å². The molecule has 0 bridgehead atoms. The number of benzene rings is 1. The molecule has 108 valence electrons. The molecule has 0 unspecified atom stereocenters. The van der Waals surface area contributed by atoms with Crippen LogP contribution in [0.3, 0.4) is 0 Å². The Morgan fingerprint density at radius 2 is 2.15 bits per heavy atom. The van der Waals surface area contributed by atoms with Crippen LogP contribution in [0, 0.1) is 10.1 Å². The number of hydrogen-bond donors (Lipinski definition) is 1. The van der Waals surface area contributed by atoms with Crippen LogP contribution in [0.15, 0.2) is 24.3 Å². The number of nitro groups is 1. The fraction of sp³-hybridized carbons (Fsp3) is 0.500. The van der Waals surface area contributed by atoms with Crippen molar-refractivity contribution in [3.63, 3.8) is 0 Å². The van der Waals surface area contributed by atoms with Gasteiger partial charge in [0.2, 0.25) is 5.91 Å². The minimum Gasteiger partial charge on any atom is -0.369 e. The van der Waals surface area contributed by atoms with Crippen molar-refractivity contribution in [2.75, 3.05) is 18.0 Å². The Hall–Kier alpha value is -2.11. The van der Waals surface area contributed by atoms with Gasteiger partial charge in [-0.05, 0) is 25.0 Å². The molecule has 0 aromatic heterocycles. The molecule has 1 heterocycles. The van der Waals surface area contributed by atoms with Crippen LogP contribution in [0.1, 0.15) is 26.2 Å². The Kier molecular flexibility index (Phi) is 4.55. The van der Waals surface area contributed by atoms with Gasteiger partial charge in [0.25, 0.3) is 5.69 Å². The molecule has 0 aliphatic carbocycles. The first-order valence-corrected chi connectivity index (χ1v) is 6.89. The van der Waals surface area contributed by atoms with Gasteiger partial charge in [-0.25, -0.2) is 0 Å². The summed E-state index contributed by atoms with van der Waals surface area (Å²) in [5.74, 6) is 0.0700. The Bertz CT molecular complexity index is 487. The lowest BCUT2D eigenvalue weighted by Crippen LogP contribution is -2.47. The van der Waals surface area contributed by atoms with Crippen molar-refractivity contribution in [2.45, 2.75) is 32.2 Å². The number of hydrogen-bond acceptors (Lipinski definition) is 4. The van der Waals surface area contributed by atoms with Crippen LogP contribution in [-0.2, 0) is 4.79 Å². The maximum absolute atomic E-state index is 11.4. The van der Waals surface area contributed by atoms with Crippen LogP contribution in [0.25, 0.3) is 0 Å². The van der Waals surface area contributed by atoms with Crippen LogP contribution < -0.4 is 10.2 Å². The third-order valence-electron chi connectivity index (χ3n) is 3.53.